The summed E-state index contributed by atoms with van der Waals surface area (Å²) in [5, 5.41) is 77.7. The summed E-state index contributed by atoms with van der Waals surface area (Å²) < 4.78 is 17.3. The lowest BCUT2D eigenvalue weighted by molar-refractivity contribution is -0.285. The van der Waals surface area contributed by atoms with Crippen LogP contribution < -0.4 is 0 Å². The van der Waals surface area contributed by atoms with Crippen molar-refractivity contribution < 1.29 is 50.0 Å². The number of methoxy groups -OCH3 is 1. The van der Waals surface area contributed by atoms with Crippen molar-refractivity contribution in [1.82, 2.24) is 0 Å². The summed E-state index contributed by atoms with van der Waals surface area (Å²) in [6, 6.07) is 0. The SMILES string of the molecule is CC[C@@H](CC[C@@H](C)[C@H]1[C@@H](O)[C@H](O)[C@@H]2[C@]1(C)CC[C@H]1[C@@]2(O)C[C@@H](O)C2=C[C@@H](O[C@@H]3OC[C@@H](O)[C@H](O)[C@H]3OC)CC[C@@]21C)[C@H](C)CO. The van der Waals surface area contributed by atoms with E-state index in [0.717, 1.165) is 37.7 Å². The fourth-order valence-corrected chi connectivity index (χ4v) is 11.1. The third-order valence-corrected chi connectivity index (χ3v) is 13.5. The number of fused-ring (bicyclic) bond motifs is 5. The number of ether oxygens (including phenoxy) is 3. The van der Waals surface area contributed by atoms with E-state index in [2.05, 4.69) is 34.6 Å². The van der Waals surface area contributed by atoms with Gasteiger partial charge in [0, 0.05) is 26.1 Å². The van der Waals surface area contributed by atoms with Gasteiger partial charge in [0.1, 0.15) is 18.3 Å². The van der Waals surface area contributed by atoms with E-state index in [4.69, 9.17) is 14.2 Å². The predicted molar refractivity (Wildman–Crippen MR) is 167 cm³/mol. The van der Waals surface area contributed by atoms with Crippen molar-refractivity contribution in [3.05, 3.63) is 11.6 Å². The van der Waals surface area contributed by atoms with Gasteiger partial charge in [-0.15, -0.1) is 0 Å². The molecule has 1 aliphatic heterocycles. The second kappa shape index (κ2) is 13.3. The molecule has 7 N–H and O–H groups in total. The van der Waals surface area contributed by atoms with Crippen LogP contribution in [0.1, 0.15) is 86.0 Å². The first kappa shape index (κ1) is 35.6. The molecule has 3 saturated carbocycles. The van der Waals surface area contributed by atoms with E-state index in [1.54, 1.807) is 0 Å². The zero-order chi connectivity index (χ0) is 33.1. The monoisotopic (exact) mass is 640 g/mol. The topological polar surface area (TPSA) is 169 Å². The molecule has 1 saturated heterocycles. The van der Waals surface area contributed by atoms with Crippen molar-refractivity contribution in [2.45, 2.75) is 141 Å². The second-order valence-corrected chi connectivity index (χ2v) is 15.9. The highest BCUT2D eigenvalue weighted by atomic mass is 16.7. The van der Waals surface area contributed by atoms with Gasteiger partial charge in [0.25, 0.3) is 0 Å². The van der Waals surface area contributed by atoms with Crippen molar-refractivity contribution in [2.24, 2.45) is 46.3 Å². The normalized spacial score (nSPS) is 50.2. The van der Waals surface area contributed by atoms with Gasteiger partial charge in [-0.05, 0) is 78.1 Å². The Morgan fingerprint density at radius 3 is 2.36 bits per heavy atom. The highest BCUT2D eigenvalue weighted by Gasteiger charge is 2.72. The van der Waals surface area contributed by atoms with Crippen LogP contribution in [0.5, 0.6) is 0 Å². The average molecular weight is 641 g/mol. The van der Waals surface area contributed by atoms with E-state index >= 15 is 0 Å². The molecule has 10 nitrogen and oxygen atoms in total. The van der Waals surface area contributed by atoms with Gasteiger partial charge in [0.15, 0.2) is 6.29 Å². The summed E-state index contributed by atoms with van der Waals surface area (Å²) in [4.78, 5) is 0. The summed E-state index contributed by atoms with van der Waals surface area (Å²) in [7, 11) is 1.43. The van der Waals surface area contributed by atoms with Gasteiger partial charge in [-0.3, -0.25) is 0 Å². The number of aliphatic hydroxyl groups excluding tert-OH is 6. The smallest absolute Gasteiger partial charge is 0.187 e. The van der Waals surface area contributed by atoms with Crippen molar-refractivity contribution in [3.63, 3.8) is 0 Å². The van der Waals surface area contributed by atoms with Crippen LogP contribution in [0.3, 0.4) is 0 Å². The average Bonchev–Trinajstić information content (AvgIpc) is 3.20. The van der Waals surface area contributed by atoms with E-state index in [9.17, 15) is 35.7 Å². The van der Waals surface area contributed by atoms with Crippen molar-refractivity contribution in [3.8, 4) is 0 Å². The Balaban J connectivity index is 1.36. The molecule has 5 rings (SSSR count). The number of hydrogen-bond acceptors (Lipinski definition) is 10. The Morgan fingerprint density at radius 2 is 1.71 bits per heavy atom. The standard InChI is InChI=1S/C35H60O10/c1-7-20(19(3)16-36)9-8-18(2)26-28(40)29(41)31-34(26,5)13-11-25-33(4)12-10-21(14-22(33)23(37)15-35(25,31)42)45-32-30(43-6)27(39)24(38)17-44-32/h14,18-21,23-32,36-42H,7-13,15-17H2,1-6H3/t18-,19-,20+,21+,23-,24-,25-,26+,27+,28-,29+,30-,31-,32+,33+,34-,35+/m1/s1. The molecule has 10 heteroatoms. The van der Waals surface area contributed by atoms with Gasteiger partial charge in [0.05, 0.1) is 36.6 Å². The maximum atomic E-state index is 12.7. The Bertz CT molecular complexity index is 1060. The van der Waals surface area contributed by atoms with E-state index in [1.807, 2.05) is 6.08 Å². The van der Waals surface area contributed by atoms with Gasteiger partial charge in [-0.2, -0.15) is 0 Å². The van der Waals surface area contributed by atoms with Crippen molar-refractivity contribution in [1.29, 1.82) is 0 Å². The van der Waals surface area contributed by atoms with Crippen LogP contribution in [0.15, 0.2) is 11.6 Å². The largest absolute Gasteiger partial charge is 0.396 e. The highest BCUT2D eigenvalue weighted by Crippen LogP contribution is 2.69. The summed E-state index contributed by atoms with van der Waals surface area (Å²) in [6.07, 6.45) is 0.218. The van der Waals surface area contributed by atoms with E-state index in [1.165, 1.54) is 7.11 Å². The minimum Gasteiger partial charge on any atom is -0.396 e. The Morgan fingerprint density at radius 1 is 1.00 bits per heavy atom. The number of aliphatic hydroxyl groups is 7. The summed E-state index contributed by atoms with van der Waals surface area (Å²) in [5.74, 6) is -0.243. The van der Waals surface area contributed by atoms with Crippen LogP contribution in [-0.2, 0) is 14.2 Å². The lowest BCUT2D eigenvalue weighted by Gasteiger charge is -2.64. The highest BCUT2D eigenvalue weighted by molar-refractivity contribution is 5.33. The zero-order valence-corrected chi connectivity index (χ0v) is 28.1. The minimum atomic E-state index is -1.35. The molecule has 260 valence electrons. The van der Waals surface area contributed by atoms with Gasteiger partial charge >= 0.3 is 0 Å². The summed E-state index contributed by atoms with van der Waals surface area (Å²) in [5.41, 5.74) is -1.55. The van der Waals surface area contributed by atoms with Gasteiger partial charge in [-0.25, -0.2) is 0 Å². The van der Waals surface area contributed by atoms with Crippen LogP contribution in [0.4, 0.5) is 0 Å². The molecule has 0 unspecified atom stereocenters. The van der Waals surface area contributed by atoms with Crippen LogP contribution in [0, 0.1) is 46.3 Å². The minimum absolute atomic E-state index is 0.0701. The molecule has 0 aromatic carbocycles. The van der Waals surface area contributed by atoms with Crippen LogP contribution in [-0.4, -0.2) is 111 Å². The Hall–Kier alpha value is -0.660. The lowest BCUT2D eigenvalue weighted by atomic mass is 9.43. The van der Waals surface area contributed by atoms with E-state index < -0.39 is 71.4 Å². The molecule has 4 aliphatic carbocycles. The molecule has 0 bridgehead atoms. The molecular formula is C35H60O10. The third kappa shape index (κ3) is 5.87. The molecule has 0 amide bonds. The van der Waals surface area contributed by atoms with Gasteiger partial charge in [-0.1, -0.05) is 53.5 Å². The fourth-order valence-electron chi connectivity index (χ4n) is 11.1. The number of hydrogen-bond donors (Lipinski definition) is 7. The first-order valence-electron chi connectivity index (χ1n) is 17.4. The molecule has 4 fully saturated rings. The lowest BCUT2D eigenvalue weighted by Crippen LogP contribution is -2.66. The van der Waals surface area contributed by atoms with Crippen LogP contribution >= 0.6 is 0 Å². The zero-order valence-electron chi connectivity index (χ0n) is 28.1. The Labute approximate surface area is 268 Å². The second-order valence-electron chi connectivity index (χ2n) is 15.9. The molecule has 1 heterocycles. The third-order valence-electron chi connectivity index (χ3n) is 13.5. The molecule has 0 radical (unpaired) electrons. The summed E-state index contributed by atoms with van der Waals surface area (Å²) in [6.45, 7) is 10.7. The summed E-state index contributed by atoms with van der Waals surface area (Å²) >= 11 is 0. The molecule has 0 aromatic rings. The molecular weight excluding hydrogens is 580 g/mol. The predicted octanol–water partition coefficient (Wildman–Crippen LogP) is 2.14. The number of rotatable bonds is 10. The van der Waals surface area contributed by atoms with Crippen molar-refractivity contribution in [2.75, 3.05) is 20.3 Å². The molecule has 5 aliphatic rings. The van der Waals surface area contributed by atoms with Crippen LogP contribution in [0.25, 0.3) is 0 Å². The van der Waals surface area contributed by atoms with Crippen molar-refractivity contribution >= 4 is 0 Å². The quantitative estimate of drug-likeness (QED) is 0.176. The first-order chi connectivity index (χ1) is 21.2. The van der Waals surface area contributed by atoms with Gasteiger partial charge < -0.3 is 50.0 Å². The molecule has 17 atom stereocenters. The van der Waals surface area contributed by atoms with E-state index in [-0.39, 0.29) is 43.3 Å². The fraction of sp³-hybridized carbons (Fsp3) is 0.943. The van der Waals surface area contributed by atoms with Gasteiger partial charge in [0.2, 0.25) is 0 Å². The molecule has 45 heavy (non-hydrogen) atoms. The van der Waals surface area contributed by atoms with Crippen LogP contribution in [0.2, 0.25) is 0 Å². The molecule has 0 aromatic heterocycles. The maximum absolute atomic E-state index is 12.7. The van der Waals surface area contributed by atoms with E-state index in [0.29, 0.717) is 18.8 Å². The molecule has 0 spiro atoms. The maximum Gasteiger partial charge on any atom is 0.187 e. The Kier molecular flexibility index (Phi) is 10.6. The first-order valence-corrected chi connectivity index (χ1v) is 17.4.